The lowest BCUT2D eigenvalue weighted by Crippen LogP contribution is -2.33. The molecule has 0 bridgehead atoms. The molecule has 1 aliphatic rings. The number of aromatic nitrogens is 3. The predicted molar refractivity (Wildman–Crippen MR) is 78.3 cm³/mol. The molecule has 23 heavy (non-hydrogen) atoms. The van der Waals surface area contributed by atoms with Crippen LogP contribution in [0.1, 0.15) is 16.6 Å². The van der Waals surface area contributed by atoms with Gasteiger partial charge in [0.25, 0.3) is 5.91 Å². The van der Waals surface area contributed by atoms with E-state index in [4.69, 9.17) is 10.5 Å². The zero-order chi connectivity index (χ0) is 16.7. The number of hydrogen-bond donors (Lipinski definition) is 5. The fraction of sp³-hybridized carbons (Fsp3) is 0.462. The van der Waals surface area contributed by atoms with E-state index in [-0.39, 0.29) is 17.0 Å². The molecule has 0 spiro atoms. The average molecular weight is 323 g/mol. The number of hydrogen-bond acceptors (Lipinski definition) is 8. The van der Waals surface area contributed by atoms with Gasteiger partial charge in [-0.1, -0.05) is 0 Å². The van der Waals surface area contributed by atoms with Crippen LogP contribution >= 0.6 is 0 Å². The van der Waals surface area contributed by atoms with Crippen molar-refractivity contribution in [3.8, 4) is 0 Å². The maximum atomic E-state index is 12.0. The van der Waals surface area contributed by atoms with Crippen molar-refractivity contribution in [3.63, 3.8) is 0 Å². The zero-order valence-corrected chi connectivity index (χ0v) is 12.2. The van der Waals surface area contributed by atoms with E-state index in [1.807, 2.05) is 0 Å². The van der Waals surface area contributed by atoms with Gasteiger partial charge < -0.3 is 35.7 Å². The molecule has 124 valence electrons. The SMILES string of the molecule is CNC(=O)c1cn([C@@H]2O[C@@H](CO)[C@@H](O)[C@@H]2O)c2ncnc(N)c12. The summed E-state index contributed by atoms with van der Waals surface area (Å²) in [6, 6.07) is 0. The third kappa shape index (κ3) is 2.32. The maximum absolute atomic E-state index is 12.0. The van der Waals surface area contributed by atoms with Crippen molar-refractivity contribution in [2.24, 2.45) is 0 Å². The summed E-state index contributed by atoms with van der Waals surface area (Å²) in [6.45, 7) is -0.451. The number of amides is 1. The van der Waals surface area contributed by atoms with Gasteiger partial charge in [-0.15, -0.1) is 0 Å². The molecule has 0 unspecified atom stereocenters. The Morgan fingerprint density at radius 2 is 2.17 bits per heavy atom. The first-order valence-electron chi connectivity index (χ1n) is 6.95. The number of carbonyl (C=O) groups is 1. The monoisotopic (exact) mass is 323 g/mol. The number of nitrogens with zero attached hydrogens (tertiary/aromatic N) is 3. The second kappa shape index (κ2) is 5.74. The molecule has 2 aromatic heterocycles. The van der Waals surface area contributed by atoms with E-state index in [0.29, 0.717) is 5.39 Å². The normalized spacial score (nSPS) is 27.5. The fourth-order valence-corrected chi connectivity index (χ4v) is 2.72. The first kappa shape index (κ1) is 15.6. The van der Waals surface area contributed by atoms with Crippen LogP contribution in [-0.2, 0) is 4.74 Å². The minimum absolute atomic E-state index is 0.110. The molecule has 0 saturated carbocycles. The lowest BCUT2D eigenvalue weighted by Gasteiger charge is -2.17. The van der Waals surface area contributed by atoms with Crippen LogP contribution in [-0.4, -0.2) is 67.7 Å². The van der Waals surface area contributed by atoms with Gasteiger partial charge in [0.05, 0.1) is 17.6 Å². The van der Waals surface area contributed by atoms with Crippen LogP contribution in [0, 0.1) is 0 Å². The van der Waals surface area contributed by atoms with Gasteiger partial charge in [-0.05, 0) is 0 Å². The molecule has 1 aliphatic heterocycles. The number of anilines is 1. The first-order valence-corrected chi connectivity index (χ1v) is 6.95. The number of aliphatic hydroxyl groups is 3. The van der Waals surface area contributed by atoms with Crippen LogP contribution in [0.25, 0.3) is 11.0 Å². The average Bonchev–Trinajstić information content (AvgIpc) is 3.07. The lowest BCUT2D eigenvalue weighted by molar-refractivity contribution is -0.0508. The Morgan fingerprint density at radius 1 is 1.43 bits per heavy atom. The Hall–Kier alpha value is -2.27. The summed E-state index contributed by atoms with van der Waals surface area (Å²) < 4.78 is 6.88. The van der Waals surface area contributed by atoms with Gasteiger partial charge in [0.15, 0.2) is 6.23 Å². The van der Waals surface area contributed by atoms with Crippen molar-refractivity contribution in [2.75, 3.05) is 19.4 Å². The van der Waals surface area contributed by atoms with Crippen molar-refractivity contribution in [1.82, 2.24) is 19.9 Å². The number of carbonyl (C=O) groups excluding carboxylic acids is 1. The fourth-order valence-electron chi connectivity index (χ4n) is 2.72. The third-order valence-electron chi connectivity index (χ3n) is 3.90. The molecule has 10 heteroatoms. The summed E-state index contributed by atoms with van der Waals surface area (Å²) in [5.41, 5.74) is 6.34. The van der Waals surface area contributed by atoms with Crippen molar-refractivity contribution < 1.29 is 24.9 Å². The van der Waals surface area contributed by atoms with Crippen LogP contribution < -0.4 is 11.1 Å². The van der Waals surface area contributed by atoms with Gasteiger partial charge in [-0.25, -0.2) is 9.97 Å². The highest BCUT2D eigenvalue weighted by molar-refractivity contribution is 6.09. The van der Waals surface area contributed by atoms with Crippen LogP contribution in [0.5, 0.6) is 0 Å². The quantitative estimate of drug-likeness (QED) is 0.433. The van der Waals surface area contributed by atoms with Gasteiger partial charge in [-0.3, -0.25) is 4.79 Å². The van der Waals surface area contributed by atoms with Gasteiger partial charge in [0, 0.05) is 13.2 Å². The molecule has 0 aliphatic carbocycles. The number of rotatable bonds is 3. The van der Waals surface area contributed by atoms with Crippen molar-refractivity contribution in [3.05, 3.63) is 18.1 Å². The minimum atomic E-state index is -1.29. The third-order valence-corrected chi connectivity index (χ3v) is 3.90. The topological polar surface area (TPSA) is 156 Å². The molecule has 2 aromatic rings. The maximum Gasteiger partial charge on any atom is 0.253 e. The Kier molecular flexibility index (Phi) is 3.90. The van der Waals surface area contributed by atoms with E-state index in [9.17, 15) is 20.1 Å². The van der Waals surface area contributed by atoms with E-state index in [0.717, 1.165) is 0 Å². The summed E-state index contributed by atoms with van der Waals surface area (Å²) in [5, 5.41) is 32.1. The van der Waals surface area contributed by atoms with E-state index in [2.05, 4.69) is 15.3 Å². The predicted octanol–water partition coefficient (Wildman–Crippen LogP) is -2.02. The number of aliphatic hydroxyl groups excluding tert-OH is 3. The van der Waals surface area contributed by atoms with Gasteiger partial charge in [0.2, 0.25) is 0 Å². The molecule has 3 rings (SSSR count). The van der Waals surface area contributed by atoms with Gasteiger partial charge in [-0.2, -0.15) is 0 Å². The van der Waals surface area contributed by atoms with E-state index < -0.39 is 37.1 Å². The molecule has 0 aromatic carbocycles. The standard InChI is InChI=1S/C13H17N5O5/c1-15-12(22)5-2-18(11-7(5)10(14)16-4-17-11)13-9(21)8(20)6(3-19)23-13/h2,4,6,8-9,13,19-21H,3H2,1H3,(H,15,22)(H2,14,16,17)/t6-,8+,9-,13+/m0/s1. The second-order valence-electron chi connectivity index (χ2n) is 5.22. The second-order valence-corrected chi connectivity index (χ2v) is 5.22. The molecule has 1 saturated heterocycles. The van der Waals surface area contributed by atoms with E-state index >= 15 is 0 Å². The van der Waals surface area contributed by atoms with Crippen molar-refractivity contribution in [2.45, 2.75) is 24.5 Å². The summed E-state index contributed by atoms with van der Waals surface area (Å²) in [5.74, 6) is -0.291. The number of nitrogens with two attached hydrogens (primary N) is 1. The molecule has 4 atom stereocenters. The highest BCUT2D eigenvalue weighted by atomic mass is 16.6. The highest BCUT2D eigenvalue weighted by Crippen LogP contribution is 2.34. The van der Waals surface area contributed by atoms with Crippen LogP contribution in [0.3, 0.4) is 0 Å². The molecule has 3 heterocycles. The summed E-state index contributed by atoms with van der Waals surface area (Å²) >= 11 is 0. The molecule has 1 amide bonds. The number of fused-ring (bicyclic) bond motifs is 1. The zero-order valence-electron chi connectivity index (χ0n) is 12.2. The van der Waals surface area contributed by atoms with Crippen LogP contribution in [0.2, 0.25) is 0 Å². The molecular weight excluding hydrogens is 306 g/mol. The number of ether oxygens (including phenoxy) is 1. The van der Waals surface area contributed by atoms with Crippen molar-refractivity contribution >= 4 is 22.8 Å². The van der Waals surface area contributed by atoms with Crippen molar-refractivity contribution in [1.29, 1.82) is 0 Å². The van der Waals surface area contributed by atoms with E-state index in [1.54, 1.807) is 0 Å². The molecule has 1 fully saturated rings. The molecule has 0 radical (unpaired) electrons. The van der Waals surface area contributed by atoms with E-state index in [1.165, 1.54) is 24.1 Å². The summed E-state index contributed by atoms with van der Waals surface area (Å²) in [7, 11) is 1.47. The lowest BCUT2D eigenvalue weighted by atomic mass is 10.1. The summed E-state index contributed by atoms with van der Waals surface area (Å²) in [4.78, 5) is 20.0. The minimum Gasteiger partial charge on any atom is -0.394 e. The summed E-state index contributed by atoms with van der Waals surface area (Å²) in [6.07, 6.45) is -1.85. The Labute approximate surface area is 130 Å². The number of nitrogen functional groups attached to an aromatic ring is 1. The Balaban J connectivity index is 2.16. The smallest absolute Gasteiger partial charge is 0.253 e. The van der Waals surface area contributed by atoms with Gasteiger partial charge >= 0.3 is 0 Å². The van der Waals surface area contributed by atoms with Gasteiger partial charge in [0.1, 0.15) is 36.1 Å². The Bertz CT molecular complexity index is 748. The molecular formula is C13H17N5O5. The molecule has 6 N–H and O–H groups in total. The van der Waals surface area contributed by atoms with Crippen LogP contribution in [0.4, 0.5) is 5.82 Å². The number of nitrogens with one attached hydrogen (secondary N) is 1. The Morgan fingerprint density at radius 3 is 2.78 bits per heavy atom. The largest absolute Gasteiger partial charge is 0.394 e. The highest BCUT2D eigenvalue weighted by Gasteiger charge is 2.44. The van der Waals surface area contributed by atoms with Crippen LogP contribution in [0.15, 0.2) is 12.5 Å². The molecule has 10 nitrogen and oxygen atoms in total. The first-order chi connectivity index (χ1) is 11.0.